The molecule has 1 fully saturated rings. The summed E-state index contributed by atoms with van der Waals surface area (Å²) in [5, 5.41) is 3.33. The first kappa shape index (κ1) is 24.4. The third kappa shape index (κ3) is 4.61. The smallest absolute Gasteiger partial charge is 0.298 e. The second kappa shape index (κ2) is 9.76. The van der Waals surface area contributed by atoms with E-state index in [1.54, 1.807) is 30.8 Å². The molecule has 0 amide bonds. The number of aromatic nitrogens is 2. The number of ether oxygens (including phenoxy) is 1. The lowest BCUT2D eigenvalue weighted by Crippen LogP contribution is -2.42. The molecule has 9 nitrogen and oxygen atoms in total. The zero-order valence-electron chi connectivity index (χ0n) is 20.1. The monoisotopic (exact) mass is 538 g/mol. The number of hydrogen-bond acceptors (Lipinski definition) is 8. The van der Waals surface area contributed by atoms with Crippen molar-refractivity contribution in [1.29, 1.82) is 0 Å². The number of aliphatic imine (C=N–C) groups is 1. The van der Waals surface area contributed by atoms with E-state index >= 15 is 0 Å². The van der Waals surface area contributed by atoms with Crippen molar-refractivity contribution >= 4 is 22.0 Å². The predicted octanol–water partition coefficient (Wildman–Crippen LogP) is 3.98. The number of fused-ring (bicyclic) bond motifs is 1. The molecule has 4 heterocycles. The number of rotatable bonds is 6. The Morgan fingerprint density at radius 3 is 2.55 bits per heavy atom. The van der Waals surface area contributed by atoms with Gasteiger partial charge in [0.25, 0.3) is 6.02 Å². The molecule has 3 aliphatic heterocycles. The number of sulfonamides is 1. The summed E-state index contributed by atoms with van der Waals surface area (Å²) < 4.78 is 59.8. The highest BCUT2D eigenvalue weighted by Gasteiger charge is 2.41. The van der Waals surface area contributed by atoms with Crippen LogP contribution in [0.5, 0.6) is 0 Å². The van der Waals surface area contributed by atoms with Gasteiger partial charge in [0, 0.05) is 31.5 Å². The maximum atomic E-state index is 13.6. The number of halogens is 2. The second-order valence-electron chi connectivity index (χ2n) is 9.25. The van der Waals surface area contributed by atoms with Crippen molar-refractivity contribution in [1.82, 2.24) is 19.2 Å². The fourth-order valence-electron chi connectivity index (χ4n) is 4.96. The van der Waals surface area contributed by atoms with Gasteiger partial charge in [-0.25, -0.2) is 32.2 Å². The molecule has 6 rings (SSSR count). The third-order valence-corrected chi connectivity index (χ3v) is 8.77. The van der Waals surface area contributed by atoms with Crippen molar-refractivity contribution in [2.75, 3.05) is 18.4 Å². The molecular formula is C26H24F2N6O3S. The Kier molecular flexibility index (Phi) is 6.28. The summed E-state index contributed by atoms with van der Waals surface area (Å²) in [7, 11) is -3.77. The lowest BCUT2D eigenvalue weighted by atomic mass is 9.97. The first-order valence-corrected chi connectivity index (χ1v) is 13.6. The zero-order chi connectivity index (χ0) is 26.3. The third-order valence-electron chi connectivity index (χ3n) is 6.88. The van der Waals surface area contributed by atoms with E-state index in [0.717, 1.165) is 11.6 Å². The Morgan fingerprint density at radius 2 is 1.79 bits per heavy atom. The van der Waals surface area contributed by atoms with Crippen molar-refractivity contribution in [3.63, 3.8) is 0 Å². The van der Waals surface area contributed by atoms with Crippen LogP contribution in [0, 0.1) is 11.6 Å². The van der Waals surface area contributed by atoms with Crippen molar-refractivity contribution in [2.24, 2.45) is 4.99 Å². The molecule has 2 unspecified atom stereocenters. The van der Waals surface area contributed by atoms with Gasteiger partial charge in [0.2, 0.25) is 16.0 Å². The van der Waals surface area contributed by atoms with Crippen molar-refractivity contribution in [3.8, 4) is 0 Å². The van der Waals surface area contributed by atoms with Crippen LogP contribution in [0.3, 0.4) is 0 Å². The molecule has 0 spiro atoms. The highest BCUT2D eigenvalue weighted by molar-refractivity contribution is 7.89. The van der Waals surface area contributed by atoms with E-state index in [-0.39, 0.29) is 28.8 Å². The van der Waals surface area contributed by atoms with Crippen LogP contribution in [-0.4, -0.2) is 52.7 Å². The number of piperidine rings is 1. The molecule has 1 aromatic heterocycles. The lowest BCUT2D eigenvalue weighted by Gasteiger charge is -2.31. The molecule has 2 atom stereocenters. The van der Waals surface area contributed by atoms with Gasteiger partial charge in [-0.1, -0.05) is 18.2 Å². The van der Waals surface area contributed by atoms with Gasteiger partial charge in [0.15, 0.2) is 0 Å². The molecule has 3 aromatic rings. The van der Waals surface area contributed by atoms with E-state index in [2.05, 4.69) is 15.3 Å². The standard InChI is InChI=1S/C26H24F2N6O3S/c27-18-6-4-17(5-7-18)23-24(34-14-15-37-26(34)32-23)22-8-11-29-25(31-22)30-20-9-12-33(13-10-20)38(35,36)21-3-1-2-19(28)16-21/h1-8,11,14-16,20,23-24H,9-10,12-13H2,(H,29,30,31). The van der Waals surface area contributed by atoms with E-state index in [1.165, 1.54) is 34.6 Å². The minimum atomic E-state index is -3.77. The van der Waals surface area contributed by atoms with Crippen LogP contribution < -0.4 is 5.32 Å². The molecule has 2 aromatic carbocycles. The summed E-state index contributed by atoms with van der Waals surface area (Å²) >= 11 is 0. The highest BCUT2D eigenvalue weighted by atomic mass is 32.2. The van der Waals surface area contributed by atoms with Gasteiger partial charge >= 0.3 is 0 Å². The van der Waals surface area contributed by atoms with Crippen molar-refractivity contribution < 1.29 is 21.9 Å². The van der Waals surface area contributed by atoms with Crippen LogP contribution in [0.15, 0.2) is 83.1 Å². The van der Waals surface area contributed by atoms with Gasteiger partial charge in [-0.2, -0.15) is 4.31 Å². The molecule has 0 radical (unpaired) electrons. The van der Waals surface area contributed by atoms with E-state index < -0.39 is 15.8 Å². The van der Waals surface area contributed by atoms with Gasteiger partial charge in [0.05, 0.1) is 10.6 Å². The normalized spacial score (nSPS) is 21.7. The Labute approximate surface area is 218 Å². The predicted molar refractivity (Wildman–Crippen MR) is 135 cm³/mol. The number of nitrogens with one attached hydrogen (secondary N) is 1. The van der Waals surface area contributed by atoms with Crippen LogP contribution in [0.1, 0.15) is 36.2 Å². The Balaban J connectivity index is 1.16. The Hall–Kier alpha value is -3.90. The van der Waals surface area contributed by atoms with Crippen LogP contribution in [0.2, 0.25) is 0 Å². The minimum absolute atomic E-state index is 0.0393. The Morgan fingerprint density at radius 1 is 1.00 bits per heavy atom. The largest absolute Gasteiger partial charge is 0.432 e. The summed E-state index contributed by atoms with van der Waals surface area (Å²) in [6.07, 6.45) is 6.09. The molecule has 1 saturated heterocycles. The fraction of sp³-hybridized carbons (Fsp3) is 0.269. The summed E-state index contributed by atoms with van der Waals surface area (Å²) in [6, 6.07) is 12.8. The first-order valence-electron chi connectivity index (χ1n) is 12.2. The number of amidine groups is 1. The lowest BCUT2D eigenvalue weighted by molar-refractivity contribution is 0.328. The van der Waals surface area contributed by atoms with Gasteiger partial charge < -0.3 is 10.1 Å². The molecule has 0 saturated carbocycles. The molecular weight excluding hydrogens is 514 g/mol. The molecule has 0 bridgehead atoms. The number of anilines is 1. The van der Waals surface area contributed by atoms with E-state index in [4.69, 9.17) is 9.72 Å². The summed E-state index contributed by atoms with van der Waals surface area (Å²) in [5.74, 6) is -0.489. The van der Waals surface area contributed by atoms with Crippen LogP contribution >= 0.6 is 0 Å². The number of hydrogen-bond donors (Lipinski definition) is 1. The maximum absolute atomic E-state index is 13.6. The Bertz CT molecular complexity index is 1510. The first-order chi connectivity index (χ1) is 18.4. The van der Waals surface area contributed by atoms with E-state index in [9.17, 15) is 17.2 Å². The average molecular weight is 539 g/mol. The van der Waals surface area contributed by atoms with Crippen molar-refractivity contribution in [2.45, 2.75) is 35.9 Å². The van der Waals surface area contributed by atoms with E-state index in [1.807, 2.05) is 11.0 Å². The van der Waals surface area contributed by atoms with Crippen molar-refractivity contribution in [3.05, 3.63) is 96.1 Å². The van der Waals surface area contributed by atoms with Crippen LogP contribution in [-0.2, 0) is 14.8 Å². The number of benzene rings is 2. The minimum Gasteiger partial charge on any atom is -0.432 e. The van der Waals surface area contributed by atoms with Gasteiger partial charge in [-0.3, -0.25) is 4.90 Å². The second-order valence-corrected chi connectivity index (χ2v) is 11.2. The van der Waals surface area contributed by atoms with Gasteiger partial charge in [-0.15, -0.1) is 0 Å². The molecule has 38 heavy (non-hydrogen) atoms. The van der Waals surface area contributed by atoms with Gasteiger partial charge in [-0.05, 0) is 54.8 Å². The molecule has 12 heteroatoms. The summed E-state index contributed by atoms with van der Waals surface area (Å²) in [4.78, 5) is 15.6. The van der Waals surface area contributed by atoms with Crippen LogP contribution in [0.25, 0.3) is 0 Å². The molecule has 3 aliphatic rings. The topological polar surface area (TPSA) is 100 Å². The number of nitrogens with zero attached hydrogens (tertiary/aromatic N) is 5. The summed E-state index contributed by atoms with van der Waals surface area (Å²) in [6.45, 7) is 0.581. The zero-order valence-corrected chi connectivity index (χ0v) is 20.9. The molecule has 196 valence electrons. The maximum Gasteiger partial charge on any atom is 0.298 e. The SMILES string of the molecule is O=S(=O)(c1cccc(F)c1)N1CCC(Nc2nccc(C3C(c4ccc(F)cc4)N=C4OC=CN43)n2)CC1. The molecule has 0 aliphatic carbocycles. The quantitative estimate of drug-likeness (QED) is 0.507. The highest BCUT2D eigenvalue weighted by Crippen LogP contribution is 2.43. The molecule has 1 N–H and O–H groups in total. The van der Waals surface area contributed by atoms with E-state index in [0.29, 0.717) is 43.6 Å². The van der Waals surface area contributed by atoms with Crippen LogP contribution in [0.4, 0.5) is 14.7 Å². The average Bonchev–Trinajstić information content (AvgIpc) is 3.51. The van der Waals surface area contributed by atoms with Gasteiger partial charge in [0.1, 0.15) is 30.0 Å². The summed E-state index contributed by atoms with van der Waals surface area (Å²) in [5.41, 5.74) is 1.53. The fourth-order valence-corrected chi connectivity index (χ4v) is 6.46.